The minimum absolute atomic E-state index is 0.0155. The summed E-state index contributed by atoms with van der Waals surface area (Å²) >= 11 is 0. The fourth-order valence-electron chi connectivity index (χ4n) is 3.15. The summed E-state index contributed by atoms with van der Waals surface area (Å²) in [5.74, 6) is -0.867. The van der Waals surface area contributed by atoms with E-state index in [2.05, 4.69) is 31.3 Å². The number of hydrogen-bond acceptors (Lipinski definition) is 2. The molecule has 1 aromatic carbocycles. The molecular formula is C17H23NO3. The van der Waals surface area contributed by atoms with Crippen LogP contribution < -0.4 is 5.32 Å². The Morgan fingerprint density at radius 2 is 2.05 bits per heavy atom. The Balaban J connectivity index is 1.85. The molecule has 1 aliphatic carbocycles. The van der Waals surface area contributed by atoms with Gasteiger partial charge in [0.25, 0.3) is 0 Å². The van der Waals surface area contributed by atoms with Crippen LogP contribution in [-0.2, 0) is 9.59 Å². The minimum atomic E-state index is -0.750. The Kier molecular flexibility index (Phi) is 4.99. The predicted molar refractivity (Wildman–Crippen MR) is 81.1 cm³/mol. The normalized spacial score (nSPS) is 22.8. The molecule has 3 atom stereocenters. The quantitative estimate of drug-likeness (QED) is 0.876. The van der Waals surface area contributed by atoms with Crippen molar-refractivity contribution in [1.82, 2.24) is 5.32 Å². The van der Waals surface area contributed by atoms with Crippen LogP contribution in [0.15, 0.2) is 24.3 Å². The molecule has 0 unspecified atom stereocenters. The van der Waals surface area contributed by atoms with Gasteiger partial charge in [0.1, 0.15) is 0 Å². The fourth-order valence-corrected chi connectivity index (χ4v) is 3.15. The highest BCUT2D eigenvalue weighted by molar-refractivity contribution is 5.77. The number of hydrogen-bond donors (Lipinski definition) is 2. The second-order valence-electron chi connectivity index (χ2n) is 6.07. The Morgan fingerprint density at radius 3 is 2.67 bits per heavy atom. The number of amides is 1. The molecule has 1 fully saturated rings. The highest BCUT2D eigenvalue weighted by Crippen LogP contribution is 2.27. The summed E-state index contributed by atoms with van der Waals surface area (Å²) in [6.07, 6.45) is 2.42. The first-order chi connectivity index (χ1) is 9.97. The number of rotatable bonds is 5. The molecule has 0 heterocycles. The Bertz CT molecular complexity index is 527. The molecule has 2 N–H and O–H groups in total. The van der Waals surface area contributed by atoms with Crippen LogP contribution in [0.3, 0.4) is 0 Å². The summed E-state index contributed by atoms with van der Waals surface area (Å²) in [7, 11) is 0. The lowest BCUT2D eigenvalue weighted by molar-refractivity contribution is -0.141. The molecule has 0 aromatic heterocycles. The van der Waals surface area contributed by atoms with Crippen molar-refractivity contribution >= 4 is 11.9 Å². The maximum Gasteiger partial charge on any atom is 0.306 e. The van der Waals surface area contributed by atoms with Gasteiger partial charge in [-0.25, -0.2) is 0 Å². The van der Waals surface area contributed by atoms with Crippen molar-refractivity contribution in [3.05, 3.63) is 35.4 Å². The molecule has 4 nitrogen and oxygen atoms in total. The fraction of sp³-hybridized carbons (Fsp3) is 0.529. The number of carbonyl (C=O) groups is 2. The standard InChI is InChI=1S/C17H23NO3/c1-11-5-3-4-6-15(11)12(2)9-16(19)18-14-8-7-13(10-14)17(20)21/h3-6,12-14H,7-10H2,1-2H3,(H,18,19)(H,20,21)/t12-,13+,14+/m1/s1. The number of aryl methyl sites for hydroxylation is 1. The SMILES string of the molecule is Cc1ccccc1[C@H](C)CC(=O)N[C@H]1CC[C@H](C(=O)O)C1. The van der Waals surface area contributed by atoms with Gasteiger partial charge >= 0.3 is 5.97 Å². The molecule has 4 heteroatoms. The number of carboxylic acids is 1. The molecule has 0 bridgehead atoms. The van der Waals surface area contributed by atoms with Crippen molar-refractivity contribution in [2.24, 2.45) is 5.92 Å². The van der Waals surface area contributed by atoms with E-state index >= 15 is 0 Å². The van der Waals surface area contributed by atoms with Crippen molar-refractivity contribution in [1.29, 1.82) is 0 Å². The Hall–Kier alpha value is -1.84. The van der Waals surface area contributed by atoms with E-state index in [1.54, 1.807) is 0 Å². The third-order valence-corrected chi connectivity index (χ3v) is 4.36. The molecule has 21 heavy (non-hydrogen) atoms. The highest BCUT2D eigenvalue weighted by Gasteiger charge is 2.30. The summed E-state index contributed by atoms with van der Waals surface area (Å²) < 4.78 is 0. The van der Waals surface area contributed by atoms with Gasteiger partial charge in [0.2, 0.25) is 5.91 Å². The summed E-state index contributed by atoms with van der Waals surface area (Å²) in [4.78, 5) is 23.0. The van der Waals surface area contributed by atoms with E-state index in [0.717, 1.165) is 6.42 Å². The monoisotopic (exact) mass is 289 g/mol. The van der Waals surface area contributed by atoms with E-state index in [4.69, 9.17) is 5.11 Å². The van der Waals surface area contributed by atoms with Crippen molar-refractivity contribution < 1.29 is 14.7 Å². The average molecular weight is 289 g/mol. The molecule has 1 aromatic rings. The van der Waals surface area contributed by atoms with Gasteiger partial charge in [-0.3, -0.25) is 9.59 Å². The molecular weight excluding hydrogens is 266 g/mol. The van der Waals surface area contributed by atoms with Gasteiger partial charge in [0, 0.05) is 12.5 Å². The first-order valence-electron chi connectivity index (χ1n) is 7.55. The molecule has 1 saturated carbocycles. The molecule has 114 valence electrons. The zero-order valence-electron chi connectivity index (χ0n) is 12.6. The van der Waals surface area contributed by atoms with Crippen LogP contribution in [0, 0.1) is 12.8 Å². The molecule has 1 aliphatic rings. The van der Waals surface area contributed by atoms with Crippen LogP contribution >= 0.6 is 0 Å². The highest BCUT2D eigenvalue weighted by atomic mass is 16.4. The number of carbonyl (C=O) groups excluding carboxylic acids is 1. The van der Waals surface area contributed by atoms with Crippen molar-refractivity contribution in [2.45, 2.75) is 51.5 Å². The zero-order valence-corrected chi connectivity index (χ0v) is 12.6. The molecule has 0 saturated heterocycles. The maximum absolute atomic E-state index is 12.1. The van der Waals surface area contributed by atoms with E-state index < -0.39 is 5.97 Å². The van der Waals surface area contributed by atoms with E-state index in [-0.39, 0.29) is 23.8 Å². The van der Waals surface area contributed by atoms with Gasteiger partial charge in [0.05, 0.1) is 5.92 Å². The Morgan fingerprint density at radius 1 is 1.33 bits per heavy atom. The minimum Gasteiger partial charge on any atom is -0.481 e. The van der Waals surface area contributed by atoms with Crippen LogP contribution in [0.5, 0.6) is 0 Å². The van der Waals surface area contributed by atoms with Crippen LogP contribution in [-0.4, -0.2) is 23.0 Å². The zero-order chi connectivity index (χ0) is 15.4. The summed E-state index contributed by atoms with van der Waals surface area (Å²) in [5, 5.41) is 12.0. The van der Waals surface area contributed by atoms with E-state index in [1.165, 1.54) is 11.1 Å². The largest absolute Gasteiger partial charge is 0.481 e. The van der Waals surface area contributed by atoms with Gasteiger partial charge in [-0.05, 0) is 43.2 Å². The van der Waals surface area contributed by atoms with Gasteiger partial charge < -0.3 is 10.4 Å². The molecule has 1 amide bonds. The Labute approximate surface area is 125 Å². The third-order valence-electron chi connectivity index (χ3n) is 4.36. The third kappa shape index (κ3) is 4.06. The summed E-state index contributed by atoms with van der Waals surface area (Å²) in [6.45, 7) is 4.11. The van der Waals surface area contributed by atoms with Crippen LogP contribution in [0.4, 0.5) is 0 Å². The van der Waals surface area contributed by atoms with Gasteiger partial charge in [-0.2, -0.15) is 0 Å². The van der Waals surface area contributed by atoms with E-state index in [1.807, 2.05) is 12.1 Å². The second-order valence-corrected chi connectivity index (χ2v) is 6.07. The lowest BCUT2D eigenvalue weighted by Gasteiger charge is -2.17. The summed E-state index contributed by atoms with van der Waals surface area (Å²) in [5.41, 5.74) is 2.40. The van der Waals surface area contributed by atoms with E-state index in [0.29, 0.717) is 19.3 Å². The van der Waals surface area contributed by atoms with Crippen LogP contribution in [0.2, 0.25) is 0 Å². The lowest BCUT2D eigenvalue weighted by atomic mass is 9.93. The number of carboxylic acid groups (broad SMARTS) is 1. The molecule has 0 radical (unpaired) electrons. The summed E-state index contributed by atoms with van der Waals surface area (Å²) in [6, 6.07) is 8.12. The van der Waals surface area contributed by atoms with Gasteiger partial charge in [0.15, 0.2) is 0 Å². The number of nitrogens with one attached hydrogen (secondary N) is 1. The second kappa shape index (κ2) is 6.74. The topological polar surface area (TPSA) is 66.4 Å². The van der Waals surface area contributed by atoms with Crippen molar-refractivity contribution in [3.8, 4) is 0 Å². The van der Waals surface area contributed by atoms with Crippen LogP contribution in [0.25, 0.3) is 0 Å². The maximum atomic E-state index is 12.1. The predicted octanol–water partition coefficient (Wildman–Crippen LogP) is 2.86. The smallest absolute Gasteiger partial charge is 0.306 e. The molecule has 0 aliphatic heterocycles. The van der Waals surface area contributed by atoms with Crippen molar-refractivity contribution in [3.63, 3.8) is 0 Å². The van der Waals surface area contributed by atoms with Gasteiger partial charge in [-0.1, -0.05) is 31.2 Å². The number of benzene rings is 1. The van der Waals surface area contributed by atoms with Crippen molar-refractivity contribution in [2.75, 3.05) is 0 Å². The number of aliphatic carboxylic acids is 1. The van der Waals surface area contributed by atoms with Crippen LogP contribution in [0.1, 0.15) is 49.7 Å². The first-order valence-corrected chi connectivity index (χ1v) is 7.55. The lowest BCUT2D eigenvalue weighted by Crippen LogP contribution is -2.34. The van der Waals surface area contributed by atoms with Gasteiger partial charge in [-0.15, -0.1) is 0 Å². The molecule has 0 spiro atoms. The van der Waals surface area contributed by atoms with E-state index in [9.17, 15) is 9.59 Å². The molecule has 2 rings (SSSR count). The average Bonchev–Trinajstić information content (AvgIpc) is 2.87. The first kappa shape index (κ1) is 15.5.